The van der Waals surface area contributed by atoms with E-state index in [4.69, 9.17) is 10.5 Å². The SMILES string of the molecule is NC(=O)N1CCNCC1c1ccnc(Nc2ccc(N3CCC(N4CCOCC4)CC3)cc2)n1. The summed E-state index contributed by atoms with van der Waals surface area (Å²) in [6.45, 7) is 7.92. The molecule has 3 fully saturated rings. The van der Waals surface area contributed by atoms with Crippen molar-refractivity contribution in [3.63, 3.8) is 0 Å². The van der Waals surface area contributed by atoms with Crippen molar-refractivity contribution in [3.8, 4) is 0 Å². The molecule has 3 aliphatic rings. The highest BCUT2D eigenvalue weighted by Crippen LogP contribution is 2.26. The molecule has 1 aromatic heterocycles. The van der Waals surface area contributed by atoms with Crippen molar-refractivity contribution in [1.29, 1.82) is 0 Å². The van der Waals surface area contributed by atoms with Crippen LogP contribution >= 0.6 is 0 Å². The smallest absolute Gasteiger partial charge is 0.315 e. The Morgan fingerprint density at radius 2 is 1.82 bits per heavy atom. The van der Waals surface area contributed by atoms with Crippen LogP contribution in [0.25, 0.3) is 0 Å². The van der Waals surface area contributed by atoms with Gasteiger partial charge in [0.25, 0.3) is 0 Å². The molecule has 4 heterocycles. The number of hydrogen-bond acceptors (Lipinski definition) is 8. The van der Waals surface area contributed by atoms with Gasteiger partial charge in [-0.05, 0) is 43.2 Å². The van der Waals surface area contributed by atoms with E-state index >= 15 is 0 Å². The second-order valence-corrected chi connectivity index (χ2v) is 9.10. The van der Waals surface area contributed by atoms with Crippen LogP contribution in [0.1, 0.15) is 24.6 Å². The van der Waals surface area contributed by atoms with Crippen LogP contribution in [-0.2, 0) is 4.74 Å². The number of nitrogens with two attached hydrogens (primary N) is 1. The van der Waals surface area contributed by atoms with E-state index in [2.05, 4.69) is 54.7 Å². The molecular formula is C24H34N8O2. The quantitative estimate of drug-likeness (QED) is 0.609. The summed E-state index contributed by atoms with van der Waals surface area (Å²) in [5.41, 5.74) is 8.50. The molecule has 0 bridgehead atoms. The highest BCUT2D eigenvalue weighted by molar-refractivity contribution is 5.72. The Labute approximate surface area is 200 Å². The van der Waals surface area contributed by atoms with Crippen LogP contribution in [0.3, 0.4) is 0 Å². The number of hydrogen-bond donors (Lipinski definition) is 3. The number of ether oxygens (including phenoxy) is 1. The van der Waals surface area contributed by atoms with Crippen molar-refractivity contribution in [2.75, 3.05) is 69.2 Å². The monoisotopic (exact) mass is 466 g/mol. The summed E-state index contributed by atoms with van der Waals surface area (Å²) in [6.07, 6.45) is 4.10. The molecule has 0 aliphatic carbocycles. The molecule has 10 nitrogen and oxygen atoms in total. The molecule has 1 aromatic carbocycles. The van der Waals surface area contributed by atoms with E-state index in [1.807, 2.05) is 6.07 Å². The Balaban J connectivity index is 1.19. The molecule has 4 N–H and O–H groups in total. The fourth-order valence-electron chi connectivity index (χ4n) is 5.17. The van der Waals surface area contributed by atoms with Gasteiger partial charge >= 0.3 is 6.03 Å². The number of nitrogens with one attached hydrogen (secondary N) is 2. The number of carbonyl (C=O) groups excluding carboxylic acids is 1. The summed E-state index contributed by atoms with van der Waals surface area (Å²) in [6, 6.07) is 10.3. The first-order chi connectivity index (χ1) is 16.7. The maximum Gasteiger partial charge on any atom is 0.315 e. The minimum atomic E-state index is -0.427. The standard InChI is InChI=1S/C24H34N8O2/c25-23(33)32-12-9-26-17-22(32)21-5-8-27-24(29-21)28-18-1-3-19(4-2-18)30-10-6-20(7-11-30)31-13-15-34-16-14-31/h1-5,8,20,22,26H,6-7,9-17H2,(H2,25,33)(H,27,28,29). The molecule has 34 heavy (non-hydrogen) atoms. The maximum absolute atomic E-state index is 11.8. The van der Waals surface area contributed by atoms with Gasteiger partial charge in [0.05, 0.1) is 24.9 Å². The topological polar surface area (TPSA) is 112 Å². The lowest BCUT2D eigenvalue weighted by Crippen LogP contribution is -2.50. The van der Waals surface area contributed by atoms with Crippen LogP contribution in [-0.4, -0.2) is 90.9 Å². The molecule has 1 atom stereocenters. The third kappa shape index (κ3) is 5.24. The first-order valence-electron chi connectivity index (χ1n) is 12.2. The van der Waals surface area contributed by atoms with E-state index in [0.29, 0.717) is 25.1 Å². The number of benzene rings is 1. The van der Waals surface area contributed by atoms with Gasteiger partial charge in [0.2, 0.25) is 5.95 Å². The van der Waals surface area contributed by atoms with Gasteiger partial charge < -0.3 is 30.9 Å². The number of piperazine rings is 1. The highest BCUT2D eigenvalue weighted by Gasteiger charge is 2.28. The third-order valence-electron chi connectivity index (χ3n) is 7.06. The largest absolute Gasteiger partial charge is 0.379 e. The van der Waals surface area contributed by atoms with Crippen LogP contribution in [0.5, 0.6) is 0 Å². The molecule has 0 radical (unpaired) electrons. The van der Waals surface area contributed by atoms with E-state index < -0.39 is 6.03 Å². The second-order valence-electron chi connectivity index (χ2n) is 9.10. The van der Waals surface area contributed by atoms with Crippen LogP contribution in [0.2, 0.25) is 0 Å². The van der Waals surface area contributed by atoms with Crippen molar-refractivity contribution in [2.24, 2.45) is 5.73 Å². The van der Waals surface area contributed by atoms with Gasteiger partial charge in [-0.25, -0.2) is 14.8 Å². The van der Waals surface area contributed by atoms with E-state index in [1.165, 1.54) is 18.5 Å². The zero-order valence-corrected chi connectivity index (χ0v) is 19.5. The van der Waals surface area contributed by atoms with Gasteiger partial charge in [-0.1, -0.05) is 0 Å². The lowest BCUT2D eigenvalue weighted by atomic mass is 10.0. The number of primary amides is 1. The van der Waals surface area contributed by atoms with E-state index in [9.17, 15) is 4.79 Å². The van der Waals surface area contributed by atoms with Crippen molar-refractivity contribution in [1.82, 2.24) is 25.1 Å². The maximum atomic E-state index is 11.8. The van der Waals surface area contributed by atoms with Crippen LogP contribution < -0.4 is 21.3 Å². The molecular weight excluding hydrogens is 432 g/mol. The molecule has 3 saturated heterocycles. The number of amides is 2. The Morgan fingerprint density at radius 1 is 1.06 bits per heavy atom. The highest BCUT2D eigenvalue weighted by atomic mass is 16.5. The summed E-state index contributed by atoms with van der Waals surface area (Å²) >= 11 is 0. The molecule has 2 aromatic rings. The number of piperidine rings is 1. The lowest BCUT2D eigenvalue weighted by Gasteiger charge is -2.40. The van der Waals surface area contributed by atoms with Crippen molar-refractivity contribution >= 4 is 23.4 Å². The summed E-state index contributed by atoms with van der Waals surface area (Å²) in [4.78, 5) is 27.6. The fraction of sp³-hybridized carbons (Fsp3) is 0.542. The number of anilines is 3. The van der Waals surface area contributed by atoms with Crippen LogP contribution in [0.15, 0.2) is 36.5 Å². The summed E-state index contributed by atoms with van der Waals surface area (Å²) in [5, 5.41) is 6.60. The van der Waals surface area contributed by atoms with E-state index in [0.717, 1.165) is 57.3 Å². The van der Waals surface area contributed by atoms with Crippen LogP contribution in [0.4, 0.5) is 22.1 Å². The molecule has 3 aliphatic heterocycles. The predicted octanol–water partition coefficient (Wildman–Crippen LogP) is 1.55. The number of carbonyl (C=O) groups is 1. The average molecular weight is 467 g/mol. The number of nitrogens with zero attached hydrogens (tertiary/aromatic N) is 5. The first-order valence-corrected chi connectivity index (χ1v) is 12.2. The van der Waals surface area contributed by atoms with Gasteiger partial charge in [-0.2, -0.15) is 0 Å². The van der Waals surface area contributed by atoms with Gasteiger partial charge in [-0.15, -0.1) is 0 Å². The third-order valence-corrected chi connectivity index (χ3v) is 7.06. The number of aromatic nitrogens is 2. The van der Waals surface area contributed by atoms with Gasteiger partial charge in [0.1, 0.15) is 0 Å². The van der Waals surface area contributed by atoms with Crippen molar-refractivity contribution in [3.05, 3.63) is 42.2 Å². The summed E-state index contributed by atoms with van der Waals surface area (Å²) in [5.74, 6) is 0.506. The van der Waals surface area contributed by atoms with Gasteiger partial charge in [0.15, 0.2) is 0 Å². The molecule has 0 spiro atoms. The number of rotatable bonds is 5. The Hall–Kier alpha value is -2.95. The molecule has 0 saturated carbocycles. The molecule has 2 amide bonds. The van der Waals surface area contributed by atoms with Gasteiger partial charge in [0, 0.05) is 69.4 Å². The number of urea groups is 1. The minimum Gasteiger partial charge on any atom is -0.379 e. The predicted molar refractivity (Wildman–Crippen MR) is 131 cm³/mol. The van der Waals surface area contributed by atoms with Crippen molar-refractivity contribution < 1.29 is 9.53 Å². The van der Waals surface area contributed by atoms with Crippen LogP contribution in [0, 0.1) is 0 Å². The zero-order valence-electron chi connectivity index (χ0n) is 19.5. The molecule has 5 rings (SSSR count). The van der Waals surface area contributed by atoms with Crippen molar-refractivity contribution in [2.45, 2.75) is 24.9 Å². The Kier molecular flexibility index (Phi) is 7.08. The summed E-state index contributed by atoms with van der Waals surface area (Å²) in [7, 11) is 0. The second kappa shape index (κ2) is 10.5. The number of morpholine rings is 1. The first kappa shape index (κ1) is 22.8. The molecule has 10 heteroatoms. The normalized spacial score (nSPS) is 22.5. The lowest BCUT2D eigenvalue weighted by molar-refractivity contribution is 0.0115. The Bertz CT molecular complexity index is 958. The van der Waals surface area contributed by atoms with E-state index in [-0.39, 0.29) is 6.04 Å². The molecule has 1 unspecified atom stereocenters. The van der Waals surface area contributed by atoms with E-state index in [1.54, 1.807) is 11.1 Å². The van der Waals surface area contributed by atoms with Gasteiger partial charge in [-0.3, -0.25) is 4.90 Å². The zero-order chi connectivity index (χ0) is 23.3. The average Bonchev–Trinajstić information content (AvgIpc) is 2.90. The molecule has 182 valence electrons. The fourth-order valence-corrected chi connectivity index (χ4v) is 5.17. The summed E-state index contributed by atoms with van der Waals surface area (Å²) < 4.78 is 5.50. The Morgan fingerprint density at radius 3 is 2.56 bits per heavy atom. The minimum absolute atomic E-state index is 0.197.